The number of hydrogen-bond donors (Lipinski definition) is 0. The molecule has 0 radical (unpaired) electrons. The summed E-state index contributed by atoms with van der Waals surface area (Å²) in [6, 6.07) is 0. The predicted molar refractivity (Wildman–Crippen MR) is 54.1 cm³/mol. The second kappa shape index (κ2) is 6.02. The molecule has 1 heterocycles. The number of epoxide rings is 1. The molecule has 14 heavy (non-hydrogen) atoms. The van der Waals surface area contributed by atoms with Crippen LogP contribution in [-0.4, -0.2) is 24.8 Å². The maximum Gasteiger partial charge on any atom is 0.305 e. The van der Waals surface area contributed by atoms with Gasteiger partial charge in [0.2, 0.25) is 0 Å². The van der Waals surface area contributed by atoms with E-state index in [2.05, 4.69) is 6.92 Å². The van der Waals surface area contributed by atoms with Crippen LogP contribution in [-0.2, 0) is 14.3 Å². The zero-order valence-corrected chi connectivity index (χ0v) is 9.12. The fourth-order valence-corrected chi connectivity index (χ4v) is 1.54. The molecular weight excluding hydrogens is 180 g/mol. The highest BCUT2D eigenvalue weighted by Gasteiger charge is 2.37. The van der Waals surface area contributed by atoms with Crippen LogP contribution in [0.15, 0.2) is 0 Å². The van der Waals surface area contributed by atoms with Crippen LogP contribution < -0.4 is 0 Å². The molecule has 1 aliphatic heterocycles. The summed E-state index contributed by atoms with van der Waals surface area (Å²) in [6.07, 6.45) is 5.33. The Hall–Kier alpha value is -0.570. The first-order valence-electron chi connectivity index (χ1n) is 5.59. The van der Waals surface area contributed by atoms with Gasteiger partial charge in [-0.25, -0.2) is 0 Å². The van der Waals surface area contributed by atoms with E-state index < -0.39 is 0 Å². The topological polar surface area (TPSA) is 38.8 Å². The Bertz CT molecular complexity index is 179. The summed E-state index contributed by atoms with van der Waals surface area (Å²) >= 11 is 0. The van der Waals surface area contributed by atoms with Crippen LogP contribution in [0.5, 0.6) is 0 Å². The Morgan fingerprint density at radius 2 is 1.93 bits per heavy atom. The molecule has 1 saturated heterocycles. The Balaban J connectivity index is 1.93. The Morgan fingerprint density at radius 3 is 2.57 bits per heavy atom. The monoisotopic (exact) mass is 200 g/mol. The fourth-order valence-electron chi connectivity index (χ4n) is 1.54. The fraction of sp³-hybridized carbons (Fsp3) is 0.909. The van der Waals surface area contributed by atoms with E-state index in [0.29, 0.717) is 25.2 Å². The molecule has 3 nitrogen and oxygen atoms in total. The van der Waals surface area contributed by atoms with E-state index in [9.17, 15) is 4.79 Å². The average molecular weight is 200 g/mol. The van der Waals surface area contributed by atoms with Crippen LogP contribution in [0, 0.1) is 0 Å². The van der Waals surface area contributed by atoms with Crippen molar-refractivity contribution in [3.8, 4) is 0 Å². The van der Waals surface area contributed by atoms with Gasteiger partial charge in [0.1, 0.15) is 0 Å². The van der Waals surface area contributed by atoms with E-state index in [1.807, 2.05) is 6.92 Å². The highest BCUT2D eigenvalue weighted by molar-refractivity contribution is 5.69. The molecule has 1 aliphatic rings. The third kappa shape index (κ3) is 4.09. The number of carbonyl (C=O) groups is 1. The molecule has 0 bridgehead atoms. The molecule has 0 spiro atoms. The van der Waals surface area contributed by atoms with Crippen molar-refractivity contribution in [2.75, 3.05) is 6.61 Å². The van der Waals surface area contributed by atoms with Crippen LogP contribution in [0.3, 0.4) is 0 Å². The number of esters is 1. The smallest absolute Gasteiger partial charge is 0.305 e. The van der Waals surface area contributed by atoms with E-state index >= 15 is 0 Å². The molecule has 0 saturated carbocycles. The third-order valence-electron chi connectivity index (χ3n) is 2.38. The largest absolute Gasteiger partial charge is 0.466 e. The van der Waals surface area contributed by atoms with Crippen LogP contribution >= 0.6 is 0 Å². The average Bonchev–Trinajstić information content (AvgIpc) is 2.85. The van der Waals surface area contributed by atoms with Gasteiger partial charge in [0.05, 0.1) is 18.8 Å². The number of carbonyl (C=O) groups excluding carboxylic acids is 1. The highest BCUT2D eigenvalue weighted by atomic mass is 16.6. The lowest BCUT2D eigenvalue weighted by atomic mass is 10.2. The predicted octanol–water partition coefficient (Wildman–Crippen LogP) is 2.29. The lowest BCUT2D eigenvalue weighted by molar-refractivity contribution is -0.143. The first-order chi connectivity index (χ1) is 6.77. The van der Waals surface area contributed by atoms with E-state index in [4.69, 9.17) is 9.47 Å². The first kappa shape index (κ1) is 11.5. The van der Waals surface area contributed by atoms with Gasteiger partial charge in [0.25, 0.3) is 0 Å². The summed E-state index contributed by atoms with van der Waals surface area (Å²) in [5, 5.41) is 0. The Morgan fingerprint density at radius 1 is 1.21 bits per heavy atom. The van der Waals surface area contributed by atoms with Crippen molar-refractivity contribution in [3.63, 3.8) is 0 Å². The summed E-state index contributed by atoms with van der Waals surface area (Å²) in [5.74, 6) is -0.0832. The normalized spacial score (nSPS) is 24.7. The van der Waals surface area contributed by atoms with Gasteiger partial charge in [-0.1, -0.05) is 20.3 Å². The molecule has 0 aromatic rings. The summed E-state index contributed by atoms with van der Waals surface area (Å²) < 4.78 is 10.4. The van der Waals surface area contributed by atoms with Crippen LogP contribution in [0.4, 0.5) is 0 Å². The summed E-state index contributed by atoms with van der Waals surface area (Å²) in [6.45, 7) is 4.65. The second-order valence-electron chi connectivity index (χ2n) is 3.76. The SMILES string of the molecule is CCCC(=O)OCCC1OC1CCC. The summed E-state index contributed by atoms with van der Waals surface area (Å²) in [7, 11) is 0. The molecule has 0 aromatic heterocycles. The number of rotatable bonds is 7. The van der Waals surface area contributed by atoms with Crippen molar-refractivity contribution in [2.45, 2.75) is 58.2 Å². The minimum Gasteiger partial charge on any atom is -0.466 e. The standard InChI is InChI=1S/C11H20O3/c1-3-5-9-10(14-9)7-8-13-11(12)6-4-2/h9-10H,3-8H2,1-2H3. The van der Waals surface area contributed by atoms with E-state index in [1.165, 1.54) is 0 Å². The van der Waals surface area contributed by atoms with Crippen LogP contribution in [0.25, 0.3) is 0 Å². The van der Waals surface area contributed by atoms with E-state index in [-0.39, 0.29) is 5.97 Å². The third-order valence-corrected chi connectivity index (χ3v) is 2.38. The van der Waals surface area contributed by atoms with Gasteiger partial charge in [0, 0.05) is 12.8 Å². The molecule has 0 N–H and O–H groups in total. The van der Waals surface area contributed by atoms with Crippen molar-refractivity contribution >= 4 is 5.97 Å². The van der Waals surface area contributed by atoms with Crippen molar-refractivity contribution in [2.24, 2.45) is 0 Å². The first-order valence-corrected chi connectivity index (χ1v) is 5.59. The maximum atomic E-state index is 11.0. The lowest BCUT2D eigenvalue weighted by Crippen LogP contribution is -2.07. The quantitative estimate of drug-likeness (QED) is 0.467. The minimum absolute atomic E-state index is 0.0832. The van der Waals surface area contributed by atoms with Crippen molar-refractivity contribution in [3.05, 3.63) is 0 Å². The van der Waals surface area contributed by atoms with Crippen molar-refractivity contribution in [1.29, 1.82) is 0 Å². The molecule has 3 heteroatoms. The number of hydrogen-bond acceptors (Lipinski definition) is 3. The molecule has 0 aromatic carbocycles. The van der Waals surface area contributed by atoms with Gasteiger partial charge in [-0.05, 0) is 12.8 Å². The van der Waals surface area contributed by atoms with Gasteiger partial charge >= 0.3 is 5.97 Å². The Kier molecular flexibility index (Phi) is 4.94. The summed E-state index contributed by atoms with van der Waals surface area (Å²) in [5.41, 5.74) is 0. The van der Waals surface area contributed by atoms with Gasteiger partial charge in [0.15, 0.2) is 0 Å². The molecule has 1 rings (SSSR count). The summed E-state index contributed by atoms with van der Waals surface area (Å²) in [4.78, 5) is 11.0. The molecule has 2 atom stereocenters. The van der Waals surface area contributed by atoms with E-state index in [0.717, 1.165) is 25.7 Å². The van der Waals surface area contributed by atoms with Crippen molar-refractivity contribution < 1.29 is 14.3 Å². The van der Waals surface area contributed by atoms with Gasteiger partial charge in [-0.2, -0.15) is 0 Å². The molecular formula is C11H20O3. The lowest BCUT2D eigenvalue weighted by Gasteiger charge is -2.01. The minimum atomic E-state index is -0.0832. The Labute approximate surface area is 85.8 Å². The zero-order chi connectivity index (χ0) is 10.4. The van der Waals surface area contributed by atoms with Gasteiger partial charge < -0.3 is 9.47 Å². The molecule has 0 amide bonds. The van der Waals surface area contributed by atoms with Crippen molar-refractivity contribution in [1.82, 2.24) is 0 Å². The van der Waals surface area contributed by atoms with Crippen LogP contribution in [0.1, 0.15) is 46.0 Å². The zero-order valence-electron chi connectivity index (χ0n) is 9.12. The molecule has 1 fully saturated rings. The maximum absolute atomic E-state index is 11.0. The number of ether oxygens (including phenoxy) is 2. The highest BCUT2D eigenvalue weighted by Crippen LogP contribution is 2.29. The second-order valence-corrected chi connectivity index (χ2v) is 3.76. The van der Waals surface area contributed by atoms with Gasteiger partial charge in [-0.15, -0.1) is 0 Å². The molecule has 2 unspecified atom stereocenters. The van der Waals surface area contributed by atoms with Crippen LogP contribution in [0.2, 0.25) is 0 Å². The molecule has 82 valence electrons. The van der Waals surface area contributed by atoms with E-state index in [1.54, 1.807) is 0 Å². The molecule has 0 aliphatic carbocycles. The van der Waals surface area contributed by atoms with Gasteiger partial charge in [-0.3, -0.25) is 4.79 Å².